The molecule has 0 aliphatic carbocycles. The number of methoxy groups -OCH3 is 1. The minimum Gasteiger partial charge on any atom is -0.491 e. The fourth-order valence-corrected chi connectivity index (χ4v) is 1.79. The van der Waals surface area contributed by atoms with Crippen molar-refractivity contribution in [1.82, 2.24) is 9.97 Å². The Kier molecular flexibility index (Phi) is 4.45. The summed E-state index contributed by atoms with van der Waals surface area (Å²) in [5.74, 6) is -0.881. The van der Waals surface area contributed by atoms with Gasteiger partial charge in [0.25, 0.3) is 0 Å². The molecule has 20 heavy (non-hydrogen) atoms. The second-order valence-electron chi connectivity index (χ2n) is 4.16. The lowest BCUT2D eigenvalue weighted by molar-refractivity contribution is 0.414. The molecule has 0 aliphatic heterocycles. The Balaban J connectivity index is 2.47. The van der Waals surface area contributed by atoms with E-state index in [2.05, 4.69) is 15.3 Å². The van der Waals surface area contributed by atoms with Gasteiger partial charge in [0.05, 0.1) is 7.11 Å². The molecule has 2 rings (SSSR count). The summed E-state index contributed by atoms with van der Waals surface area (Å²) < 4.78 is 31.6. The molecule has 0 atom stereocenters. The van der Waals surface area contributed by atoms with Gasteiger partial charge in [-0.15, -0.1) is 0 Å². The van der Waals surface area contributed by atoms with Gasteiger partial charge in [-0.25, -0.2) is 18.7 Å². The van der Waals surface area contributed by atoms with Gasteiger partial charge in [0.2, 0.25) is 0 Å². The number of halogens is 2. The molecule has 0 saturated heterocycles. The van der Waals surface area contributed by atoms with E-state index in [1.54, 1.807) is 0 Å². The molecule has 4 nitrogen and oxygen atoms in total. The second kappa shape index (κ2) is 6.27. The van der Waals surface area contributed by atoms with Crippen molar-refractivity contribution in [3.8, 4) is 17.0 Å². The topological polar surface area (TPSA) is 47.0 Å². The molecular weight excluding hydrogens is 264 g/mol. The van der Waals surface area contributed by atoms with Crippen LogP contribution in [0.5, 0.6) is 5.75 Å². The van der Waals surface area contributed by atoms with Crippen molar-refractivity contribution in [1.29, 1.82) is 0 Å². The molecule has 0 aliphatic rings. The van der Waals surface area contributed by atoms with Crippen LogP contribution >= 0.6 is 0 Å². The molecule has 0 amide bonds. The van der Waals surface area contributed by atoms with E-state index in [1.165, 1.54) is 19.5 Å². The Morgan fingerprint density at radius 3 is 2.65 bits per heavy atom. The molecular formula is C14H15F2N3O. The van der Waals surface area contributed by atoms with Crippen LogP contribution in [0.15, 0.2) is 24.5 Å². The number of rotatable bonds is 5. The average molecular weight is 279 g/mol. The Morgan fingerprint density at radius 2 is 2.00 bits per heavy atom. The van der Waals surface area contributed by atoms with Gasteiger partial charge in [0.1, 0.15) is 12.0 Å². The second-order valence-corrected chi connectivity index (χ2v) is 4.16. The highest BCUT2D eigenvalue weighted by Gasteiger charge is 2.15. The van der Waals surface area contributed by atoms with Crippen LogP contribution < -0.4 is 10.1 Å². The molecule has 0 unspecified atom stereocenters. The quantitative estimate of drug-likeness (QED) is 0.912. The monoisotopic (exact) mass is 279 g/mol. The van der Waals surface area contributed by atoms with Gasteiger partial charge in [0, 0.05) is 12.1 Å². The lowest BCUT2D eigenvalue weighted by Crippen LogP contribution is -2.06. The maximum absolute atomic E-state index is 13.3. The molecule has 2 aromatic rings. The fraction of sp³-hybridized carbons (Fsp3) is 0.286. The van der Waals surface area contributed by atoms with Crippen LogP contribution in [-0.4, -0.2) is 23.6 Å². The van der Waals surface area contributed by atoms with Crippen molar-refractivity contribution in [3.05, 3.63) is 36.2 Å². The minimum absolute atomic E-state index is 0.409. The third-order valence-electron chi connectivity index (χ3n) is 2.74. The fourth-order valence-electron chi connectivity index (χ4n) is 1.79. The summed E-state index contributed by atoms with van der Waals surface area (Å²) in [6.07, 6.45) is 2.28. The van der Waals surface area contributed by atoms with E-state index in [9.17, 15) is 8.78 Å². The number of nitrogens with zero attached hydrogens (tertiary/aromatic N) is 2. The van der Waals surface area contributed by atoms with Crippen LogP contribution in [0.1, 0.15) is 13.3 Å². The standard InChI is InChI=1S/C14H15F2N3O/c1-3-6-17-14-13(20-2)12(18-8-19-14)9-4-5-10(15)11(16)7-9/h4-5,7-8H,3,6H2,1-2H3,(H,17,18,19). The van der Waals surface area contributed by atoms with Crippen molar-refractivity contribution >= 4 is 5.82 Å². The lowest BCUT2D eigenvalue weighted by atomic mass is 10.1. The molecule has 0 bridgehead atoms. The van der Waals surface area contributed by atoms with Crippen LogP contribution in [0.3, 0.4) is 0 Å². The Morgan fingerprint density at radius 1 is 1.20 bits per heavy atom. The number of benzene rings is 1. The zero-order chi connectivity index (χ0) is 14.5. The maximum atomic E-state index is 13.3. The van der Waals surface area contributed by atoms with Crippen LogP contribution in [0.2, 0.25) is 0 Å². The highest BCUT2D eigenvalue weighted by molar-refractivity contribution is 5.72. The largest absolute Gasteiger partial charge is 0.491 e. The van der Waals surface area contributed by atoms with E-state index in [1.807, 2.05) is 6.92 Å². The zero-order valence-corrected chi connectivity index (χ0v) is 11.3. The SMILES string of the molecule is CCCNc1ncnc(-c2ccc(F)c(F)c2)c1OC. The molecule has 1 aromatic heterocycles. The number of anilines is 1. The van der Waals surface area contributed by atoms with E-state index in [0.717, 1.165) is 25.1 Å². The van der Waals surface area contributed by atoms with E-state index < -0.39 is 11.6 Å². The predicted octanol–water partition coefficient (Wildman–Crippen LogP) is 3.25. The third kappa shape index (κ3) is 2.84. The van der Waals surface area contributed by atoms with E-state index in [-0.39, 0.29) is 0 Å². The first kappa shape index (κ1) is 14.2. The predicted molar refractivity (Wildman–Crippen MR) is 72.7 cm³/mol. The molecule has 0 spiro atoms. The summed E-state index contributed by atoms with van der Waals surface area (Å²) in [4.78, 5) is 8.19. The van der Waals surface area contributed by atoms with Gasteiger partial charge < -0.3 is 10.1 Å². The summed E-state index contributed by atoms with van der Waals surface area (Å²) in [6.45, 7) is 2.75. The van der Waals surface area contributed by atoms with Gasteiger partial charge in [-0.05, 0) is 24.6 Å². The summed E-state index contributed by atoms with van der Waals surface area (Å²) in [5.41, 5.74) is 0.850. The Hall–Kier alpha value is -2.24. The lowest BCUT2D eigenvalue weighted by Gasteiger charge is -2.12. The van der Waals surface area contributed by atoms with Crippen LogP contribution in [-0.2, 0) is 0 Å². The highest BCUT2D eigenvalue weighted by Crippen LogP contribution is 2.33. The van der Waals surface area contributed by atoms with Crippen molar-refractivity contribution in [2.75, 3.05) is 19.0 Å². The normalized spacial score (nSPS) is 10.4. The van der Waals surface area contributed by atoms with Crippen molar-refractivity contribution in [3.63, 3.8) is 0 Å². The number of nitrogens with one attached hydrogen (secondary N) is 1. The third-order valence-corrected chi connectivity index (χ3v) is 2.74. The van der Waals surface area contributed by atoms with Crippen LogP contribution in [0, 0.1) is 11.6 Å². The van der Waals surface area contributed by atoms with Gasteiger partial charge in [-0.2, -0.15) is 0 Å². The molecule has 0 fully saturated rings. The Labute approximate surface area is 115 Å². The highest BCUT2D eigenvalue weighted by atomic mass is 19.2. The summed E-state index contributed by atoms with van der Waals surface area (Å²) in [6, 6.07) is 3.60. The molecule has 1 heterocycles. The number of aromatic nitrogens is 2. The van der Waals surface area contributed by atoms with Crippen molar-refractivity contribution in [2.45, 2.75) is 13.3 Å². The minimum atomic E-state index is -0.925. The average Bonchev–Trinajstić information content (AvgIpc) is 2.47. The Bertz CT molecular complexity index is 605. The molecule has 1 N–H and O–H groups in total. The van der Waals surface area contributed by atoms with E-state index >= 15 is 0 Å². The van der Waals surface area contributed by atoms with Crippen LogP contribution in [0.4, 0.5) is 14.6 Å². The first-order valence-electron chi connectivity index (χ1n) is 6.25. The number of ether oxygens (including phenoxy) is 1. The zero-order valence-electron chi connectivity index (χ0n) is 11.3. The first-order chi connectivity index (χ1) is 9.67. The summed E-state index contributed by atoms with van der Waals surface area (Å²) in [5, 5.41) is 3.11. The van der Waals surface area contributed by atoms with Crippen molar-refractivity contribution < 1.29 is 13.5 Å². The van der Waals surface area contributed by atoms with Crippen LogP contribution in [0.25, 0.3) is 11.3 Å². The van der Waals surface area contributed by atoms with E-state index in [0.29, 0.717) is 22.8 Å². The maximum Gasteiger partial charge on any atom is 0.187 e. The molecule has 6 heteroatoms. The van der Waals surface area contributed by atoms with Crippen molar-refractivity contribution in [2.24, 2.45) is 0 Å². The van der Waals surface area contributed by atoms with Gasteiger partial charge in [0.15, 0.2) is 23.2 Å². The molecule has 0 radical (unpaired) electrons. The molecule has 0 saturated carbocycles. The van der Waals surface area contributed by atoms with Gasteiger partial charge >= 0.3 is 0 Å². The molecule has 106 valence electrons. The van der Waals surface area contributed by atoms with Gasteiger partial charge in [-0.3, -0.25) is 0 Å². The van der Waals surface area contributed by atoms with E-state index in [4.69, 9.17) is 4.74 Å². The smallest absolute Gasteiger partial charge is 0.187 e. The van der Waals surface area contributed by atoms with Gasteiger partial charge in [-0.1, -0.05) is 6.92 Å². The summed E-state index contributed by atoms with van der Waals surface area (Å²) in [7, 11) is 1.49. The number of hydrogen-bond acceptors (Lipinski definition) is 4. The molecule has 1 aromatic carbocycles. The summed E-state index contributed by atoms with van der Waals surface area (Å²) >= 11 is 0. The first-order valence-corrected chi connectivity index (χ1v) is 6.25. The number of hydrogen-bond donors (Lipinski definition) is 1.